The molecule has 0 atom stereocenters. The van der Waals surface area contributed by atoms with Crippen molar-refractivity contribution in [1.82, 2.24) is 29.8 Å². The molecule has 2 aromatic heterocycles. The third-order valence-electron chi connectivity index (χ3n) is 5.15. The molecule has 2 heterocycles. The van der Waals surface area contributed by atoms with E-state index in [9.17, 15) is 4.79 Å². The Morgan fingerprint density at radius 3 is 2.58 bits per heavy atom. The van der Waals surface area contributed by atoms with E-state index >= 15 is 0 Å². The summed E-state index contributed by atoms with van der Waals surface area (Å²) in [7, 11) is 1.56. The number of para-hydroxylation sites is 2. The molecule has 0 saturated heterocycles. The molecule has 0 radical (unpaired) electrons. The van der Waals surface area contributed by atoms with E-state index in [-0.39, 0.29) is 12.3 Å². The second-order valence-electron chi connectivity index (χ2n) is 7.43. The van der Waals surface area contributed by atoms with Crippen molar-refractivity contribution in [2.75, 3.05) is 0 Å². The van der Waals surface area contributed by atoms with Crippen LogP contribution in [0.5, 0.6) is 0 Å². The van der Waals surface area contributed by atoms with Gasteiger partial charge in [-0.25, -0.2) is 9.78 Å². The van der Waals surface area contributed by atoms with Crippen LogP contribution in [0.2, 0.25) is 0 Å². The zero-order valence-electron chi connectivity index (χ0n) is 18.9. The first-order valence-electron chi connectivity index (χ1n) is 10.5. The number of tetrazole rings is 1. The van der Waals surface area contributed by atoms with Crippen LogP contribution in [-0.2, 0) is 18.4 Å². The fourth-order valence-electron chi connectivity index (χ4n) is 3.21. The summed E-state index contributed by atoms with van der Waals surface area (Å²) in [4.78, 5) is 21.3. The van der Waals surface area contributed by atoms with Crippen molar-refractivity contribution in [3.05, 3.63) is 76.0 Å². The van der Waals surface area contributed by atoms with E-state index in [0.29, 0.717) is 29.4 Å². The van der Waals surface area contributed by atoms with Gasteiger partial charge in [0.1, 0.15) is 12.3 Å². The molecule has 168 valence electrons. The van der Waals surface area contributed by atoms with Gasteiger partial charge in [-0.1, -0.05) is 31.2 Å². The molecule has 0 aliphatic carbocycles. The number of hydrogen-bond donors (Lipinski definition) is 0. The van der Waals surface area contributed by atoms with Gasteiger partial charge in [-0.15, -0.1) is 5.10 Å². The van der Waals surface area contributed by atoms with E-state index < -0.39 is 0 Å². The van der Waals surface area contributed by atoms with Crippen molar-refractivity contribution >= 4 is 22.6 Å². The van der Waals surface area contributed by atoms with E-state index in [1.807, 2.05) is 63.2 Å². The molecule has 10 heteroatoms. The van der Waals surface area contributed by atoms with Crippen molar-refractivity contribution in [3.63, 3.8) is 0 Å². The third-order valence-corrected chi connectivity index (χ3v) is 5.15. The highest BCUT2D eigenvalue weighted by Crippen LogP contribution is 2.18. The molecule has 0 saturated carbocycles. The molecule has 0 spiro atoms. The Morgan fingerprint density at radius 1 is 1.06 bits per heavy atom. The average Bonchev–Trinajstić information content (AvgIpc) is 3.17. The first kappa shape index (κ1) is 22.0. The molecule has 0 N–H and O–H groups in total. The van der Waals surface area contributed by atoms with E-state index in [1.54, 1.807) is 13.2 Å². The highest BCUT2D eigenvalue weighted by Gasteiger charge is 2.14. The van der Waals surface area contributed by atoms with Crippen molar-refractivity contribution in [2.45, 2.75) is 33.8 Å². The number of aromatic nitrogens is 6. The fraction of sp³-hybridized carbons (Fsp3) is 0.261. The number of hydrogen-bond acceptors (Lipinski definition) is 8. The summed E-state index contributed by atoms with van der Waals surface area (Å²) in [6, 6.07) is 13.3. The van der Waals surface area contributed by atoms with Gasteiger partial charge >= 0.3 is 5.69 Å². The maximum Gasteiger partial charge on any atom is 0.368 e. The van der Waals surface area contributed by atoms with Gasteiger partial charge in [0, 0.05) is 19.0 Å². The quantitative estimate of drug-likeness (QED) is 0.257. The lowest BCUT2D eigenvalue weighted by atomic mass is 10.1. The van der Waals surface area contributed by atoms with Gasteiger partial charge in [0.25, 0.3) is 0 Å². The maximum atomic E-state index is 12.3. The molecular weight excluding hydrogens is 420 g/mol. The Morgan fingerprint density at radius 2 is 1.85 bits per heavy atom. The number of nitrogens with zero attached hydrogens (tertiary/aromatic N) is 8. The molecule has 0 fully saturated rings. The minimum Gasteiger partial charge on any atom is -0.475 e. The molecule has 2 aromatic carbocycles. The molecule has 0 bridgehead atoms. The lowest BCUT2D eigenvalue weighted by molar-refractivity contribution is 0.282. The van der Waals surface area contributed by atoms with Gasteiger partial charge in [0.15, 0.2) is 0 Å². The number of fused-ring (bicyclic) bond motifs is 1. The largest absolute Gasteiger partial charge is 0.475 e. The van der Waals surface area contributed by atoms with Crippen LogP contribution in [0, 0.1) is 6.92 Å². The minimum atomic E-state index is -0.331. The molecule has 0 aliphatic heterocycles. The van der Waals surface area contributed by atoms with E-state index in [2.05, 4.69) is 30.6 Å². The molecule has 0 unspecified atom stereocenters. The van der Waals surface area contributed by atoms with Crippen molar-refractivity contribution < 1.29 is 4.74 Å². The number of rotatable bonds is 6. The van der Waals surface area contributed by atoms with E-state index in [0.717, 1.165) is 22.2 Å². The Hall–Kier alpha value is -4.21. The molecule has 0 aliphatic rings. The van der Waals surface area contributed by atoms with Crippen LogP contribution in [-0.4, -0.2) is 41.4 Å². The lowest BCUT2D eigenvalue weighted by Crippen LogP contribution is -2.23. The van der Waals surface area contributed by atoms with Crippen LogP contribution in [0.4, 0.5) is 0 Å². The Balaban J connectivity index is 1.56. The summed E-state index contributed by atoms with van der Waals surface area (Å²) in [6.07, 6.45) is 2.23. The number of ether oxygens (including phenoxy) is 1. The molecule has 4 aromatic rings. The smallest absolute Gasteiger partial charge is 0.368 e. The summed E-state index contributed by atoms with van der Waals surface area (Å²) >= 11 is 0. The lowest BCUT2D eigenvalue weighted by Gasteiger charge is -2.13. The van der Waals surface area contributed by atoms with Gasteiger partial charge in [-0.2, -0.15) is 14.5 Å². The predicted molar refractivity (Wildman–Crippen MR) is 126 cm³/mol. The van der Waals surface area contributed by atoms with E-state index in [4.69, 9.17) is 4.74 Å². The zero-order chi connectivity index (χ0) is 23.4. The average molecular weight is 444 g/mol. The van der Waals surface area contributed by atoms with Gasteiger partial charge in [-0.05, 0) is 48.0 Å². The second kappa shape index (κ2) is 9.51. The van der Waals surface area contributed by atoms with Crippen LogP contribution in [0.15, 0.2) is 63.7 Å². The summed E-state index contributed by atoms with van der Waals surface area (Å²) in [5.41, 5.74) is 4.98. The van der Waals surface area contributed by atoms with Crippen LogP contribution in [0.3, 0.4) is 0 Å². The third kappa shape index (κ3) is 4.69. The Kier molecular flexibility index (Phi) is 6.34. The summed E-state index contributed by atoms with van der Waals surface area (Å²) < 4.78 is 8.40. The maximum absolute atomic E-state index is 12.3. The van der Waals surface area contributed by atoms with Gasteiger partial charge in [-0.3, -0.25) is 4.98 Å². The molecule has 0 amide bonds. The second-order valence-corrected chi connectivity index (χ2v) is 7.43. The van der Waals surface area contributed by atoms with Crippen LogP contribution in [0.25, 0.3) is 16.7 Å². The van der Waals surface area contributed by atoms with E-state index in [1.165, 1.54) is 9.36 Å². The van der Waals surface area contributed by atoms with Gasteiger partial charge < -0.3 is 4.74 Å². The minimum absolute atomic E-state index is 0.210. The highest BCUT2D eigenvalue weighted by molar-refractivity contribution is 5.98. The first-order valence-corrected chi connectivity index (χ1v) is 10.5. The first-order chi connectivity index (χ1) is 16.0. The van der Waals surface area contributed by atoms with Crippen LogP contribution in [0.1, 0.15) is 37.1 Å². The van der Waals surface area contributed by atoms with Crippen LogP contribution >= 0.6 is 0 Å². The fourth-order valence-corrected chi connectivity index (χ4v) is 3.21. The zero-order valence-corrected chi connectivity index (χ0v) is 18.9. The normalized spacial score (nSPS) is 12.4. The summed E-state index contributed by atoms with van der Waals surface area (Å²) in [5.74, 6) is 0.462. The topological polar surface area (TPSA) is 112 Å². The molecular formula is C23H24N8O2. The van der Waals surface area contributed by atoms with Gasteiger partial charge in [0.05, 0.1) is 28.6 Å². The summed E-state index contributed by atoms with van der Waals surface area (Å²) in [5, 5.41) is 16.3. The van der Waals surface area contributed by atoms with Crippen molar-refractivity contribution in [1.29, 1.82) is 0 Å². The van der Waals surface area contributed by atoms with Crippen LogP contribution < -0.4 is 5.69 Å². The summed E-state index contributed by atoms with van der Waals surface area (Å²) in [6.45, 7) is 5.93. The Labute approximate surface area is 190 Å². The molecule has 33 heavy (non-hydrogen) atoms. The monoisotopic (exact) mass is 444 g/mol. The molecule has 4 rings (SSSR count). The molecule has 10 nitrogen and oxygen atoms in total. The SMILES string of the molecule is CC/C(=N\N=C(/C)c1cnc2ccccc2n1)OCc1c(C)cccc1-n1nnn(C)c1=O. The predicted octanol–water partition coefficient (Wildman–Crippen LogP) is 2.97. The highest BCUT2D eigenvalue weighted by atomic mass is 16.5. The standard InChI is InChI=1S/C23H24N8O2/c1-5-22(27-26-16(3)20-13-24-18-10-6-7-11-19(18)25-20)33-14-17-15(2)9-8-12-21(17)31-23(32)30(4)28-29-31/h6-13H,5,14H2,1-4H3/b26-16+,27-22+. The Bertz CT molecular complexity index is 1420. The van der Waals surface area contributed by atoms with Gasteiger partial charge in [0.2, 0.25) is 5.90 Å². The number of aryl methyl sites for hydroxylation is 2. The van der Waals surface area contributed by atoms with Crippen molar-refractivity contribution in [3.8, 4) is 5.69 Å². The van der Waals surface area contributed by atoms with Crippen molar-refractivity contribution in [2.24, 2.45) is 17.3 Å². The number of benzene rings is 2.